The van der Waals surface area contributed by atoms with Crippen LogP contribution in [0.4, 0.5) is 0 Å². The first-order chi connectivity index (χ1) is 14.0. The van der Waals surface area contributed by atoms with E-state index in [-0.39, 0.29) is 29.7 Å². The normalized spacial score (nSPS) is 36.0. The summed E-state index contributed by atoms with van der Waals surface area (Å²) in [6.07, 6.45) is 3.83. The fourth-order valence-electron chi connectivity index (χ4n) is 6.07. The van der Waals surface area contributed by atoms with Crippen LogP contribution in [0.5, 0.6) is 11.5 Å². The molecular formula is C23H31NO5. The van der Waals surface area contributed by atoms with Gasteiger partial charge in [-0.05, 0) is 56.8 Å². The van der Waals surface area contributed by atoms with Crippen molar-refractivity contribution in [2.45, 2.75) is 69.3 Å². The maximum Gasteiger partial charge on any atom is 0.335 e. The summed E-state index contributed by atoms with van der Waals surface area (Å²) in [4.78, 5) is 14.9. The summed E-state index contributed by atoms with van der Waals surface area (Å²) < 4.78 is 23.7. The van der Waals surface area contributed by atoms with E-state index in [1.165, 1.54) is 11.1 Å². The molecule has 6 nitrogen and oxygen atoms in total. The molecular weight excluding hydrogens is 370 g/mol. The third-order valence-corrected chi connectivity index (χ3v) is 7.52. The molecule has 3 aliphatic heterocycles. The molecule has 2 unspecified atom stereocenters. The Morgan fingerprint density at radius 2 is 2.17 bits per heavy atom. The van der Waals surface area contributed by atoms with Crippen molar-refractivity contribution < 1.29 is 23.7 Å². The summed E-state index contributed by atoms with van der Waals surface area (Å²) >= 11 is 0. The van der Waals surface area contributed by atoms with E-state index in [0.717, 1.165) is 56.7 Å². The highest BCUT2D eigenvalue weighted by molar-refractivity contribution is 5.75. The zero-order valence-electron chi connectivity index (χ0n) is 17.6. The lowest BCUT2D eigenvalue weighted by Gasteiger charge is -2.46. The molecule has 158 valence electrons. The van der Waals surface area contributed by atoms with Crippen molar-refractivity contribution >= 4 is 5.97 Å². The molecule has 2 fully saturated rings. The van der Waals surface area contributed by atoms with Crippen LogP contribution in [0, 0.1) is 5.92 Å². The minimum absolute atomic E-state index is 0.00472. The minimum Gasteiger partial charge on any atom is -0.493 e. The standard InChI is InChI=1S/C23H31NO5/c1-14-11-16(28-22(25)18-5-4-10-27-18)12-19-23(14)8-9-24(2)13-15-6-7-17(26-3)21(29-19)20(15)23/h6-7,14,16,18-19H,4-5,8-13H2,1-3H3/t14?,16-,18?,19-,23+/m0/s1. The van der Waals surface area contributed by atoms with Gasteiger partial charge in [-0.2, -0.15) is 0 Å². The molecule has 1 aliphatic carbocycles. The van der Waals surface area contributed by atoms with Crippen LogP contribution in [0.2, 0.25) is 0 Å². The second-order valence-corrected chi connectivity index (χ2v) is 9.20. The molecule has 4 aliphatic rings. The first-order valence-corrected chi connectivity index (χ1v) is 10.9. The van der Waals surface area contributed by atoms with Crippen molar-refractivity contribution in [3.05, 3.63) is 23.3 Å². The molecule has 0 N–H and O–H groups in total. The highest BCUT2D eigenvalue weighted by atomic mass is 16.6. The molecule has 0 radical (unpaired) electrons. The van der Waals surface area contributed by atoms with Crippen molar-refractivity contribution in [3.8, 4) is 11.5 Å². The predicted octanol–water partition coefficient (Wildman–Crippen LogP) is 3.05. The summed E-state index contributed by atoms with van der Waals surface area (Å²) in [5.41, 5.74) is 2.63. The number of carbonyl (C=O) groups is 1. The Labute approximate surface area is 172 Å². The molecule has 3 heterocycles. The SMILES string of the molecule is COc1ccc2c3c1O[C@H]1C[C@@H](OC(=O)C4CCCO4)CC(C)[C@@]31CCN(C)C2. The lowest BCUT2D eigenvalue weighted by molar-refractivity contribution is -0.165. The van der Waals surface area contributed by atoms with Gasteiger partial charge in [0.05, 0.1) is 7.11 Å². The zero-order chi connectivity index (χ0) is 20.2. The van der Waals surface area contributed by atoms with E-state index in [4.69, 9.17) is 18.9 Å². The number of nitrogens with zero attached hydrogens (tertiary/aromatic N) is 1. The Morgan fingerprint density at radius 1 is 1.31 bits per heavy atom. The maximum atomic E-state index is 12.5. The fourth-order valence-corrected chi connectivity index (χ4v) is 6.07. The summed E-state index contributed by atoms with van der Waals surface area (Å²) in [6.45, 7) is 4.91. The van der Waals surface area contributed by atoms with Crippen LogP contribution in [-0.4, -0.2) is 56.5 Å². The van der Waals surface area contributed by atoms with E-state index < -0.39 is 0 Å². The van der Waals surface area contributed by atoms with Gasteiger partial charge in [-0.15, -0.1) is 0 Å². The summed E-state index contributed by atoms with van der Waals surface area (Å²) in [5, 5.41) is 0. The lowest BCUT2D eigenvalue weighted by Crippen LogP contribution is -2.52. The molecule has 29 heavy (non-hydrogen) atoms. The smallest absolute Gasteiger partial charge is 0.335 e. The quantitative estimate of drug-likeness (QED) is 0.726. The van der Waals surface area contributed by atoms with Crippen molar-refractivity contribution in [2.24, 2.45) is 5.92 Å². The average molecular weight is 402 g/mol. The van der Waals surface area contributed by atoms with Gasteiger partial charge < -0.3 is 23.8 Å². The van der Waals surface area contributed by atoms with Crippen LogP contribution < -0.4 is 9.47 Å². The molecule has 5 atom stereocenters. The second-order valence-electron chi connectivity index (χ2n) is 9.20. The summed E-state index contributed by atoms with van der Waals surface area (Å²) in [7, 11) is 3.89. The molecule has 0 bridgehead atoms. The number of methoxy groups -OCH3 is 1. The average Bonchev–Trinajstić information content (AvgIpc) is 3.30. The predicted molar refractivity (Wildman–Crippen MR) is 107 cm³/mol. The molecule has 0 amide bonds. The van der Waals surface area contributed by atoms with Gasteiger partial charge in [0.2, 0.25) is 0 Å². The van der Waals surface area contributed by atoms with Gasteiger partial charge in [-0.1, -0.05) is 13.0 Å². The molecule has 5 rings (SSSR count). The van der Waals surface area contributed by atoms with Gasteiger partial charge in [0.15, 0.2) is 17.6 Å². The van der Waals surface area contributed by atoms with E-state index in [2.05, 4.69) is 24.9 Å². The van der Waals surface area contributed by atoms with E-state index in [0.29, 0.717) is 12.5 Å². The Kier molecular flexibility index (Phi) is 4.74. The van der Waals surface area contributed by atoms with Crippen molar-refractivity contribution in [2.75, 3.05) is 27.3 Å². The first kappa shape index (κ1) is 19.2. The molecule has 1 saturated carbocycles. The van der Waals surface area contributed by atoms with Gasteiger partial charge in [0.1, 0.15) is 12.2 Å². The Balaban J connectivity index is 1.46. The summed E-state index contributed by atoms with van der Waals surface area (Å²) in [6, 6.07) is 4.22. The number of carbonyl (C=O) groups excluding carboxylic acids is 1. The Hall–Kier alpha value is -1.79. The van der Waals surface area contributed by atoms with Crippen LogP contribution >= 0.6 is 0 Å². The Bertz CT molecular complexity index is 805. The Morgan fingerprint density at radius 3 is 2.93 bits per heavy atom. The second kappa shape index (κ2) is 7.17. The van der Waals surface area contributed by atoms with Gasteiger partial charge in [-0.3, -0.25) is 0 Å². The van der Waals surface area contributed by atoms with Gasteiger partial charge in [0.25, 0.3) is 0 Å². The van der Waals surface area contributed by atoms with Crippen LogP contribution in [-0.2, 0) is 26.2 Å². The van der Waals surface area contributed by atoms with Gasteiger partial charge in [0, 0.05) is 30.6 Å². The minimum atomic E-state index is -0.388. The number of benzene rings is 1. The monoisotopic (exact) mass is 401 g/mol. The zero-order valence-corrected chi connectivity index (χ0v) is 17.6. The molecule has 1 aromatic rings. The third-order valence-electron chi connectivity index (χ3n) is 7.52. The molecule has 0 aromatic heterocycles. The number of esters is 1. The lowest BCUT2D eigenvalue weighted by atomic mass is 9.59. The van der Waals surface area contributed by atoms with E-state index in [1.807, 2.05) is 6.07 Å². The highest BCUT2D eigenvalue weighted by Gasteiger charge is 2.58. The molecule has 1 aromatic carbocycles. The number of hydrogen-bond acceptors (Lipinski definition) is 6. The van der Waals surface area contributed by atoms with Crippen molar-refractivity contribution in [1.82, 2.24) is 4.90 Å². The van der Waals surface area contributed by atoms with E-state index in [9.17, 15) is 4.79 Å². The maximum absolute atomic E-state index is 12.5. The van der Waals surface area contributed by atoms with Gasteiger partial charge in [-0.25, -0.2) is 4.79 Å². The molecule has 1 saturated heterocycles. The van der Waals surface area contributed by atoms with Crippen LogP contribution in [0.1, 0.15) is 50.2 Å². The number of ether oxygens (including phenoxy) is 4. The van der Waals surface area contributed by atoms with Crippen LogP contribution in [0.15, 0.2) is 12.1 Å². The van der Waals surface area contributed by atoms with Crippen LogP contribution in [0.3, 0.4) is 0 Å². The van der Waals surface area contributed by atoms with Gasteiger partial charge >= 0.3 is 5.97 Å². The summed E-state index contributed by atoms with van der Waals surface area (Å²) in [5.74, 6) is 1.86. The van der Waals surface area contributed by atoms with Crippen molar-refractivity contribution in [1.29, 1.82) is 0 Å². The first-order valence-electron chi connectivity index (χ1n) is 10.9. The topological polar surface area (TPSA) is 57.2 Å². The number of hydrogen-bond donors (Lipinski definition) is 0. The molecule has 6 heteroatoms. The molecule has 1 spiro atoms. The largest absolute Gasteiger partial charge is 0.493 e. The highest BCUT2D eigenvalue weighted by Crippen LogP contribution is 2.59. The van der Waals surface area contributed by atoms with Crippen LogP contribution in [0.25, 0.3) is 0 Å². The number of rotatable bonds is 3. The third kappa shape index (κ3) is 2.95. The fraction of sp³-hybridized carbons (Fsp3) is 0.696. The van der Waals surface area contributed by atoms with Crippen molar-refractivity contribution in [3.63, 3.8) is 0 Å². The van der Waals surface area contributed by atoms with E-state index >= 15 is 0 Å². The van der Waals surface area contributed by atoms with E-state index in [1.54, 1.807) is 7.11 Å².